The summed E-state index contributed by atoms with van der Waals surface area (Å²) in [5, 5.41) is 0. The lowest BCUT2D eigenvalue weighted by molar-refractivity contribution is -0.126. The van der Waals surface area contributed by atoms with Gasteiger partial charge in [0, 0.05) is 12.2 Å². The highest BCUT2D eigenvalue weighted by atomic mass is 16.5. The number of fused-ring (bicyclic) bond motifs is 2. The lowest BCUT2D eigenvalue weighted by Gasteiger charge is -2.22. The van der Waals surface area contributed by atoms with Crippen LogP contribution in [0.1, 0.15) is 43.6 Å². The van der Waals surface area contributed by atoms with Crippen LogP contribution in [0.4, 0.5) is 11.4 Å². The highest BCUT2D eigenvalue weighted by molar-refractivity contribution is 6.34. The van der Waals surface area contributed by atoms with Gasteiger partial charge in [-0.25, -0.2) is 9.69 Å². The van der Waals surface area contributed by atoms with Crippen LogP contribution in [0.25, 0.3) is 0 Å². The average Bonchev–Trinajstić information content (AvgIpc) is 3.38. The second-order valence-electron chi connectivity index (χ2n) is 7.96. The lowest BCUT2D eigenvalue weighted by atomic mass is 10.1. The van der Waals surface area contributed by atoms with E-state index in [1.54, 1.807) is 41.3 Å². The SMILES string of the molecule is C[C@H](OC(=O)c1cccc(N2C(=O)c3ccccc3C2=O)c1)C(=O)N1CCc2ccccc21. The van der Waals surface area contributed by atoms with Crippen LogP contribution in [0.2, 0.25) is 0 Å². The molecule has 0 bridgehead atoms. The predicted molar refractivity (Wildman–Crippen MR) is 121 cm³/mol. The average molecular weight is 440 g/mol. The van der Waals surface area contributed by atoms with Gasteiger partial charge < -0.3 is 9.64 Å². The first kappa shape index (κ1) is 20.6. The first-order valence-electron chi connectivity index (χ1n) is 10.6. The maximum Gasteiger partial charge on any atom is 0.338 e. The summed E-state index contributed by atoms with van der Waals surface area (Å²) in [5.41, 5.74) is 2.96. The molecule has 164 valence electrons. The number of imide groups is 1. The molecule has 7 heteroatoms. The molecular formula is C26H20N2O5. The molecule has 2 heterocycles. The minimum atomic E-state index is -0.994. The number of rotatable bonds is 4. The van der Waals surface area contributed by atoms with E-state index < -0.39 is 23.9 Å². The van der Waals surface area contributed by atoms with Gasteiger partial charge in [0.05, 0.1) is 22.4 Å². The summed E-state index contributed by atoms with van der Waals surface area (Å²) in [4.78, 5) is 53.9. The van der Waals surface area contributed by atoms with Gasteiger partial charge in [-0.05, 0) is 55.3 Å². The molecule has 0 aliphatic carbocycles. The van der Waals surface area contributed by atoms with Gasteiger partial charge in [-0.2, -0.15) is 0 Å². The summed E-state index contributed by atoms with van der Waals surface area (Å²) < 4.78 is 5.44. The molecule has 3 amide bonds. The topological polar surface area (TPSA) is 84.0 Å². The number of anilines is 2. The smallest absolute Gasteiger partial charge is 0.338 e. The Hall–Kier alpha value is -4.26. The van der Waals surface area contributed by atoms with Crippen LogP contribution in [-0.4, -0.2) is 36.3 Å². The highest BCUT2D eigenvalue weighted by Gasteiger charge is 2.36. The molecule has 33 heavy (non-hydrogen) atoms. The summed E-state index contributed by atoms with van der Waals surface area (Å²) in [6.45, 7) is 2.07. The number of para-hydroxylation sites is 1. The molecule has 0 aromatic heterocycles. The summed E-state index contributed by atoms with van der Waals surface area (Å²) in [6.07, 6.45) is -0.239. The van der Waals surface area contributed by atoms with E-state index in [0.717, 1.165) is 22.6 Å². The fourth-order valence-electron chi connectivity index (χ4n) is 4.26. The molecular weight excluding hydrogens is 420 g/mol. The standard InChI is InChI=1S/C26H20N2O5/c1-16(23(29)27-14-13-17-7-2-5-12-22(17)27)33-26(32)18-8-6-9-19(15-18)28-24(30)20-10-3-4-11-21(20)25(28)31/h2-12,15-16H,13-14H2,1H3/t16-/m0/s1. The van der Waals surface area contributed by atoms with Crippen molar-refractivity contribution in [3.63, 3.8) is 0 Å². The molecule has 3 aromatic carbocycles. The third-order valence-corrected chi connectivity index (χ3v) is 5.92. The molecule has 0 unspecified atom stereocenters. The molecule has 3 aromatic rings. The number of hydrogen-bond acceptors (Lipinski definition) is 5. The maximum atomic E-state index is 12.9. The molecule has 0 radical (unpaired) electrons. The number of nitrogens with zero attached hydrogens (tertiary/aromatic N) is 2. The Balaban J connectivity index is 1.33. The van der Waals surface area contributed by atoms with Gasteiger partial charge in [-0.15, -0.1) is 0 Å². The van der Waals surface area contributed by atoms with E-state index in [4.69, 9.17) is 4.74 Å². The number of esters is 1. The molecule has 0 saturated heterocycles. The number of ether oxygens (including phenoxy) is 1. The van der Waals surface area contributed by atoms with E-state index >= 15 is 0 Å². The molecule has 2 aliphatic heterocycles. The second-order valence-corrected chi connectivity index (χ2v) is 7.96. The van der Waals surface area contributed by atoms with Crippen molar-refractivity contribution in [1.29, 1.82) is 0 Å². The Kier molecular flexibility index (Phi) is 5.01. The van der Waals surface area contributed by atoms with Crippen molar-refractivity contribution in [2.75, 3.05) is 16.3 Å². The second kappa shape index (κ2) is 8.02. The third-order valence-electron chi connectivity index (χ3n) is 5.92. The summed E-state index contributed by atoms with van der Waals surface area (Å²) in [5.74, 6) is -1.90. The molecule has 0 saturated carbocycles. The van der Waals surface area contributed by atoms with E-state index in [9.17, 15) is 19.2 Å². The zero-order chi connectivity index (χ0) is 23.1. The van der Waals surface area contributed by atoms with Crippen molar-refractivity contribution in [3.8, 4) is 0 Å². The Labute approximate surface area is 190 Å². The summed E-state index contributed by atoms with van der Waals surface area (Å²) in [6, 6.07) is 20.3. The Morgan fingerprint density at radius 2 is 1.55 bits per heavy atom. The van der Waals surface area contributed by atoms with Crippen molar-refractivity contribution in [1.82, 2.24) is 0 Å². The molecule has 7 nitrogen and oxygen atoms in total. The monoisotopic (exact) mass is 440 g/mol. The minimum Gasteiger partial charge on any atom is -0.449 e. The zero-order valence-electron chi connectivity index (χ0n) is 17.9. The van der Waals surface area contributed by atoms with Crippen molar-refractivity contribution in [2.45, 2.75) is 19.4 Å². The number of amides is 3. The summed E-state index contributed by atoms with van der Waals surface area (Å²) in [7, 11) is 0. The van der Waals surface area contributed by atoms with Crippen LogP contribution in [-0.2, 0) is 16.0 Å². The maximum absolute atomic E-state index is 12.9. The molecule has 0 spiro atoms. The molecule has 2 aliphatic rings. The lowest BCUT2D eigenvalue weighted by Crippen LogP contribution is -2.39. The number of hydrogen-bond donors (Lipinski definition) is 0. The molecule has 1 atom stereocenters. The van der Waals surface area contributed by atoms with E-state index in [1.807, 2.05) is 24.3 Å². The molecule has 0 N–H and O–H groups in total. The normalized spacial score (nSPS) is 15.3. The van der Waals surface area contributed by atoms with E-state index in [2.05, 4.69) is 0 Å². The number of carbonyl (C=O) groups excluding carboxylic acids is 4. The van der Waals surface area contributed by atoms with Crippen molar-refractivity contribution < 1.29 is 23.9 Å². The van der Waals surface area contributed by atoms with Crippen molar-refractivity contribution in [3.05, 3.63) is 95.1 Å². The predicted octanol–water partition coefficient (Wildman–Crippen LogP) is 3.62. The van der Waals surface area contributed by atoms with E-state index in [1.165, 1.54) is 19.1 Å². The van der Waals surface area contributed by atoms with Gasteiger partial charge in [0.15, 0.2) is 6.10 Å². The highest BCUT2D eigenvalue weighted by Crippen LogP contribution is 2.30. The quantitative estimate of drug-likeness (QED) is 0.457. The first-order chi connectivity index (χ1) is 16.0. The Morgan fingerprint density at radius 1 is 0.879 bits per heavy atom. The van der Waals surface area contributed by atoms with Gasteiger partial charge in [-0.3, -0.25) is 14.4 Å². The van der Waals surface area contributed by atoms with Crippen LogP contribution >= 0.6 is 0 Å². The molecule has 0 fully saturated rings. The van der Waals surface area contributed by atoms with Crippen LogP contribution in [0.3, 0.4) is 0 Å². The van der Waals surface area contributed by atoms with Crippen LogP contribution < -0.4 is 9.80 Å². The third kappa shape index (κ3) is 3.47. The fraction of sp³-hybridized carbons (Fsp3) is 0.154. The number of benzene rings is 3. The zero-order valence-corrected chi connectivity index (χ0v) is 17.9. The number of carbonyl (C=O) groups is 4. The van der Waals surface area contributed by atoms with Crippen LogP contribution in [0.15, 0.2) is 72.8 Å². The first-order valence-corrected chi connectivity index (χ1v) is 10.6. The van der Waals surface area contributed by atoms with E-state index in [-0.39, 0.29) is 17.2 Å². The van der Waals surface area contributed by atoms with Gasteiger partial charge in [-0.1, -0.05) is 36.4 Å². The largest absolute Gasteiger partial charge is 0.449 e. The fourth-order valence-corrected chi connectivity index (χ4v) is 4.26. The van der Waals surface area contributed by atoms with Crippen molar-refractivity contribution >= 4 is 35.1 Å². The minimum absolute atomic E-state index is 0.144. The summed E-state index contributed by atoms with van der Waals surface area (Å²) >= 11 is 0. The van der Waals surface area contributed by atoms with Crippen LogP contribution in [0.5, 0.6) is 0 Å². The van der Waals surface area contributed by atoms with E-state index in [0.29, 0.717) is 17.7 Å². The van der Waals surface area contributed by atoms with Gasteiger partial charge >= 0.3 is 5.97 Å². The molecule has 5 rings (SSSR count). The van der Waals surface area contributed by atoms with Crippen molar-refractivity contribution in [2.24, 2.45) is 0 Å². The van der Waals surface area contributed by atoms with Gasteiger partial charge in [0.2, 0.25) is 0 Å². The van der Waals surface area contributed by atoms with Gasteiger partial charge in [0.1, 0.15) is 0 Å². The Bertz CT molecular complexity index is 1280. The Morgan fingerprint density at radius 3 is 2.27 bits per heavy atom. The van der Waals surface area contributed by atoms with Crippen LogP contribution in [0, 0.1) is 0 Å². The van der Waals surface area contributed by atoms with Gasteiger partial charge in [0.25, 0.3) is 17.7 Å².